The maximum absolute atomic E-state index is 12.6. The molecule has 6 heteroatoms. The zero-order valence-corrected chi connectivity index (χ0v) is 14.7. The molecule has 3 rings (SSSR count). The van der Waals surface area contributed by atoms with Crippen molar-refractivity contribution in [2.24, 2.45) is 0 Å². The average Bonchev–Trinajstić information content (AvgIpc) is 3.06. The van der Waals surface area contributed by atoms with E-state index < -0.39 is 6.04 Å². The van der Waals surface area contributed by atoms with Gasteiger partial charge >= 0.3 is 0 Å². The van der Waals surface area contributed by atoms with E-state index in [2.05, 4.69) is 5.32 Å². The van der Waals surface area contributed by atoms with E-state index >= 15 is 0 Å². The first-order chi connectivity index (χ1) is 12.1. The summed E-state index contributed by atoms with van der Waals surface area (Å²) in [6.45, 7) is 1.88. The van der Waals surface area contributed by atoms with Gasteiger partial charge in [-0.2, -0.15) is 0 Å². The minimum Gasteiger partial charge on any atom is -0.508 e. The molecular weight excluding hydrogens is 336 g/mol. The molecule has 1 aliphatic heterocycles. The topological polar surface area (TPSA) is 69.6 Å². The van der Waals surface area contributed by atoms with Crippen LogP contribution in [0.25, 0.3) is 0 Å². The number of benzene rings is 2. The molecule has 1 heterocycles. The van der Waals surface area contributed by atoms with Gasteiger partial charge in [-0.05, 0) is 11.6 Å². The summed E-state index contributed by atoms with van der Waals surface area (Å²) in [6.07, 6.45) is 0. The van der Waals surface area contributed by atoms with Crippen molar-refractivity contribution < 1.29 is 14.7 Å². The quantitative estimate of drug-likeness (QED) is 0.884. The number of phenols is 1. The van der Waals surface area contributed by atoms with Gasteiger partial charge in [0, 0.05) is 24.8 Å². The number of thioether (sulfide) groups is 1. The Hall–Kier alpha value is -2.47. The van der Waals surface area contributed by atoms with Gasteiger partial charge in [-0.1, -0.05) is 48.5 Å². The summed E-state index contributed by atoms with van der Waals surface area (Å²) in [7, 11) is 0. The number of hydrogen-bond acceptors (Lipinski definition) is 4. The number of nitrogens with zero attached hydrogens (tertiary/aromatic N) is 1. The van der Waals surface area contributed by atoms with Gasteiger partial charge in [-0.15, -0.1) is 11.8 Å². The lowest BCUT2D eigenvalue weighted by Gasteiger charge is -2.28. The van der Waals surface area contributed by atoms with Gasteiger partial charge in [0.15, 0.2) is 0 Å². The highest BCUT2D eigenvalue weighted by molar-refractivity contribution is 7.99. The first kappa shape index (κ1) is 17.4. The van der Waals surface area contributed by atoms with Crippen molar-refractivity contribution in [3.8, 4) is 5.75 Å². The molecule has 0 saturated carbocycles. The van der Waals surface area contributed by atoms with Crippen LogP contribution >= 0.6 is 11.8 Å². The summed E-state index contributed by atoms with van der Waals surface area (Å²) in [5, 5.41) is 12.6. The zero-order chi connectivity index (χ0) is 17.8. The molecule has 2 N–H and O–H groups in total. The SMILES string of the molecule is CC(=O)N1[C@@H](C(=O)NCc2ccccc2)CS[C@H]1c1ccccc1O. The number of carbonyl (C=O) groups excluding carboxylic acids is 2. The first-order valence-corrected chi connectivity index (χ1v) is 9.13. The number of amides is 2. The largest absolute Gasteiger partial charge is 0.508 e. The minimum atomic E-state index is -0.546. The smallest absolute Gasteiger partial charge is 0.243 e. The zero-order valence-electron chi connectivity index (χ0n) is 13.9. The Morgan fingerprint density at radius 3 is 2.52 bits per heavy atom. The highest BCUT2D eigenvalue weighted by atomic mass is 32.2. The normalized spacial score (nSPS) is 19.6. The number of carbonyl (C=O) groups is 2. The number of hydrogen-bond donors (Lipinski definition) is 2. The molecule has 0 unspecified atom stereocenters. The van der Waals surface area contributed by atoms with Crippen molar-refractivity contribution >= 4 is 23.6 Å². The van der Waals surface area contributed by atoms with Crippen LogP contribution in [0.5, 0.6) is 5.75 Å². The predicted octanol–water partition coefficient (Wildman–Crippen LogP) is 2.67. The second kappa shape index (κ2) is 7.61. The number of aromatic hydroxyl groups is 1. The minimum absolute atomic E-state index is 0.136. The van der Waals surface area contributed by atoms with Crippen LogP contribution in [0.4, 0.5) is 0 Å². The van der Waals surface area contributed by atoms with Crippen LogP contribution in [0, 0.1) is 0 Å². The van der Waals surface area contributed by atoms with Crippen LogP contribution < -0.4 is 5.32 Å². The van der Waals surface area contributed by atoms with Crippen molar-refractivity contribution in [1.82, 2.24) is 10.2 Å². The molecule has 0 radical (unpaired) electrons. The van der Waals surface area contributed by atoms with Gasteiger partial charge in [0.25, 0.3) is 0 Å². The number of phenolic OH excluding ortho intramolecular Hbond substituents is 1. The van der Waals surface area contributed by atoms with Crippen LogP contribution in [0.1, 0.15) is 23.4 Å². The van der Waals surface area contributed by atoms with Crippen LogP contribution in [0.2, 0.25) is 0 Å². The third-order valence-corrected chi connectivity index (χ3v) is 5.48. The van der Waals surface area contributed by atoms with E-state index in [1.807, 2.05) is 36.4 Å². The summed E-state index contributed by atoms with van der Waals surface area (Å²) in [5.41, 5.74) is 1.66. The van der Waals surface area contributed by atoms with E-state index in [-0.39, 0.29) is 22.9 Å². The Morgan fingerprint density at radius 2 is 1.84 bits per heavy atom. The van der Waals surface area contributed by atoms with Gasteiger partial charge in [0.2, 0.25) is 11.8 Å². The Kier molecular flexibility index (Phi) is 5.28. The van der Waals surface area contributed by atoms with E-state index in [0.29, 0.717) is 17.9 Å². The fourth-order valence-corrected chi connectivity index (χ4v) is 4.44. The molecule has 2 aromatic carbocycles. The maximum Gasteiger partial charge on any atom is 0.243 e. The molecular formula is C19H20N2O3S. The second-order valence-corrected chi connectivity index (χ2v) is 7.00. The summed E-state index contributed by atoms with van der Waals surface area (Å²) in [5.74, 6) is 0.276. The molecule has 0 bridgehead atoms. The lowest BCUT2D eigenvalue weighted by atomic mass is 10.1. The van der Waals surface area contributed by atoms with E-state index in [9.17, 15) is 14.7 Å². The Balaban J connectivity index is 1.74. The number of rotatable bonds is 4. The van der Waals surface area contributed by atoms with Crippen molar-refractivity contribution in [3.63, 3.8) is 0 Å². The van der Waals surface area contributed by atoms with Gasteiger partial charge in [-0.25, -0.2) is 0 Å². The molecule has 2 aromatic rings. The molecule has 2 amide bonds. The van der Waals surface area contributed by atoms with Crippen molar-refractivity contribution in [1.29, 1.82) is 0 Å². The van der Waals surface area contributed by atoms with E-state index in [1.165, 1.54) is 18.7 Å². The fourth-order valence-electron chi connectivity index (χ4n) is 2.93. The first-order valence-electron chi connectivity index (χ1n) is 8.08. The van der Waals surface area contributed by atoms with Crippen LogP contribution in [-0.2, 0) is 16.1 Å². The molecule has 1 aliphatic rings. The molecule has 5 nitrogen and oxygen atoms in total. The summed E-state index contributed by atoms with van der Waals surface area (Å²) in [6, 6.07) is 16.0. The maximum atomic E-state index is 12.6. The van der Waals surface area contributed by atoms with E-state index in [4.69, 9.17) is 0 Å². The molecule has 1 fully saturated rings. The van der Waals surface area contributed by atoms with Gasteiger partial charge < -0.3 is 15.3 Å². The van der Waals surface area contributed by atoms with Gasteiger partial charge in [0.1, 0.15) is 17.2 Å². The van der Waals surface area contributed by atoms with Gasteiger partial charge in [0.05, 0.1) is 0 Å². The van der Waals surface area contributed by atoms with Crippen LogP contribution in [0.3, 0.4) is 0 Å². The highest BCUT2D eigenvalue weighted by Gasteiger charge is 2.41. The molecule has 0 aromatic heterocycles. The van der Waals surface area contributed by atoms with Crippen LogP contribution in [-0.4, -0.2) is 33.6 Å². The Morgan fingerprint density at radius 1 is 1.16 bits per heavy atom. The number of nitrogens with one attached hydrogen (secondary N) is 1. The van der Waals surface area contributed by atoms with Gasteiger partial charge in [-0.3, -0.25) is 9.59 Å². The summed E-state index contributed by atoms with van der Waals surface area (Å²) < 4.78 is 0. The van der Waals surface area contributed by atoms with E-state index in [0.717, 1.165) is 5.56 Å². The highest BCUT2D eigenvalue weighted by Crippen LogP contribution is 2.44. The molecule has 0 aliphatic carbocycles. The van der Waals surface area contributed by atoms with Crippen LogP contribution in [0.15, 0.2) is 54.6 Å². The Bertz CT molecular complexity index is 766. The molecule has 1 saturated heterocycles. The third kappa shape index (κ3) is 3.79. The standard InChI is InChI=1S/C19H20N2O3S/c1-13(22)21-16(18(24)20-11-14-7-3-2-4-8-14)12-25-19(21)15-9-5-6-10-17(15)23/h2-10,16,19,23H,11-12H2,1H3,(H,20,24)/t16-,19+/m1/s1. The molecule has 2 atom stereocenters. The Labute approximate surface area is 151 Å². The molecule has 25 heavy (non-hydrogen) atoms. The summed E-state index contributed by atoms with van der Waals surface area (Å²) >= 11 is 1.49. The lowest BCUT2D eigenvalue weighted by Crippen LogP contribution is -2.47. The van der Waals surface area contributed by atoms with E-state index in [1.54, 1.807) is 23.1 Å². The molecule has 130 valence electrons. The molecule has 0 spiro atoms. The number of para-hydroxylation sites is 1. The van der Waals surface area contributed by atoms with Crippen molar-refractivity contribution in [2.75, 3.05) is 5.75 Å². The average molecular weight is 356 g/mol. The monoisotopic (exact) mass is 356 g/mol. The van der Waals surface area contributed by atoms with Crippen molar-refractivity contribution in [3.05, 3.63) is 65.7 Å². The fraction of sp³-hybridized carbons (Fsp3) is 0.263. The van der Waals surface area contributed by atoms with Crippen molar-refractivity contribution in [2.45, 2.75) is 24.9 Å². The predicted molar refractivity (Wildman–Crippen MR) is 97.9 cm³/mol. The second-order valence-electron chi connectivity index (χ2n) is 5.89. The lowest BCUT2D eigenvalue weighted by molar-refractivity contribution is -0.138. The summed E-state index contributed by atoms with van der Waals surface area (Å²) in [4.78, 5) is 26.4. The third-order valence-electron chi connectivity index (χ3n) is 4.18.